The maximum Gasteiger partial charge on any atom is 0.307 e. The van der Waals surface area contributed by atoms with Crippen molar-refractivity contribution in [3.8, 4) is 0 Å². The van der Waals surface area contributed by atoms with Crippen LogP contribution in [0.4, 0.5) is 0 Å². The lowest BCUT2D eigenvalue weighted by atomic mass is 10.1. The van der Waals surface area contributed by atoms with Crippen LogP contribution in [0.15, 0.2) is 37.1 Å². The van der Waals surface area contributed by atoms with Gasteiger partial charge in [-0.1, -0.05) is 69.9 Å². The summed E-state index contributed by atoms with van der Waals surface area (Å²) in [5.74, 6) is -0.999. The quantitative estimate of drug-likeness (QED) is 0.154. The maximum absolute atomic E-state index is 10.3. The van der Waals surface area contributed by atoms with Crippen molar-refractivity contribution in [3.05, 3.63) is 37.1 Å². The molecular formula is C22H38O4. The highest BCUT2D eigenvalue weighted by molar-refractivity contribution is 5.66. The van der Waals surface area contributed by atoms with Crippen LogP contribution in [-0.2, 0) is 14.3 Å². The van der Waals surface area contributed by atoms with Crippen LogP contribution >= 0.6 is 0 Å². The Kier molecular flexibility index (Phi) is 23.5. The molecule has 0 aliphatic heterocycles. The molecule has 0 spiro atoms. The summed E-state index contributed by atoms with van der Waals surface area (Å²) in [6, 6.07) is 0. The smallest absolute Gasteiger partial charge is 0.307 e. The predicted octanol–water partition coefficient (Wildman–Crippen LogP) is 6.58. The first-order valence-corrected chi connectivity index (χ1v) is 9.84. The second kappa shape index (κ2) is 23.2. The van der Waals surface area contributed by atoms with Gasteiger partial charge < -0.3 is 9.84 Å². The van der Waals surface area contributed by atoms with Gasteiger partial charge in [0.05, 0.1) is 6.26 Å². The molecule has 1 N–H and O–H groups in total. The van der Waals surface area contributed by atoms with Crippen molar-refractivity contribution >= 4 is 11.9 Å². The minimum atomic E-state index is -0.671. The molecule has 4 heteroatoms. The third kappa shape index (κ3) is 30.1. The fourth-order valence-corrected chi connectivity index (χ4v) is 2.21. The number of carboxylic acid groups (broad SMARTS) is 1. The number of carboxylic acids is 1. The van der Waals surface area contributed by atoms with E-state index in [1.54, 1.807) is 0 Å². The van der Waals surface area contributed by atoms with Crippen LogP contribution in [0.3, 0.4) is 0 Å². The van der Waals surface area contributed by atoms with E-state index in [9.17, 15) is 9.59 Å². The number of ether oxygens (including phenoxy) is 1. The van der Waals surface area contributed by atoms with Crippen molar-refractivity contribution in [3.63, 3.8) is 0 Å². The highest BCUT2D eigenvalue weighted by Crippen LogP contribution is 2.08. The zero-order valence-electron chi connectivity index (χ0n) is 16.8. The number of carbonyl (C=O) groups is 2. The Labute approximate surface area is 160 Å². The summed E-state index contributed by atoms with van der Waals surface area (Å²) in [4.78, 5) is 20.1. The molecule has 0 fully saturated rings. The summed E-state index contributed by atoms with van der Waals surface area (Å²) in [7, 11) is 0. The lowest BCUT2D eigenvalue weighted by Gasteiger charge is -1.98. The number of hydrogen-bond acceptors (Lipinski definition) is 3. The van der Waals surface area contributed by atoms with Crippen LogP contribution < -0.4 is 0 Å². The summed E-state index contributed by atoms with van der Waals surface area (Å²) in [6.07, 6.45) is 23.4. The van der Waals surface area contributed by atoms with Gasteiger partial charge in [0.25, 0.3) is 0 Å². The molecule has 0 bridgehead atoms. The molecule has 4 nitrogen and oxygen atoms in total. The van der Waals surface area contributed by atoms with Crippen LogP contribution in [-0.4, -0.2) is 17.0 Å². The highest BCUT2D eigenvalue weighted by atomic mass is 16.5. The SMILES string of the molecule is C=COC(C)=O.CCCCC/C=C\C/C=C\CCCCCCCC(=O)O. The highest BCUT2D eigenvalue weighted by Gasteiger charge is 1.95. The second-order valence-electron chi connectivity index (χ2n) is 6.15. The lowest BCUT2D eigenvalue weighted by molar-refractivity contribution is -0.137. The van der Waals surface area contributed by atoms with E-state index in [-0.39, 0.29) is 5.97 Å². The van der Waals surface area contributed by atoms with Crippen LogP contribution in [0.25, 0.3) is 0 Å². The molecule has 0 aromatic rings. The molecular weight excluding hydrogens is 328 g/mol. The maximum atomic E-state index is 10.3. The molecule has 0 rings (SSSR count). The molecule has 150 valence electrons. The molecule has 0 amide bonds. The van der Waals surface area contributed by atoms with Gasteiger partial charge in [0.15, 0.2) is 0 Å². The molecule has 0 aliphatic rings. The fraction of sp³-hybridized carbons (Fsp3) is 0.636. The van der Waals surface area contributed by atoms with E-state index in [1.807, 2.05) is 0 Å². The molecule has 0 radical (unpaired) electrons. The number of hydrogen-bond donors (Lipinski definition) is 1. The van der Waals surface area contributed by atoms with E-state index in [0.29, 0.717) is 6.42 Å². The number of allylic oxidation sites excluding steroid dienone is 4. The first-order chi connectivity index (χ1) is 12.5. The Morgan fingerprint density at radius 3 is 1.88 bits per heavy atom. The number of esters is 1. The summed E-state index contributed by atoms with van der Waals surface area (Å²) < 4.78 is 4.17. The van der Waals surface area contributed by atoms with Gasteiger partial charge >= 0.3 is 11.9 Å². The molecule has 0 saturated heterocycles. The molecule has 0 saturated carbocycles. The van der Waals surface area contributed by atoms with Gasteiger partial charge in [-0.2, -0.15) is 0 Å². The summed E-state index contributed by atoms with van der Waals surface area (Å²) in [5, 5.41) is 8.50. The minimum Gasteiger partial charge on any atom is -0.481 e. The van der Waals surface area contributed by atoms with Gasteiger partial charge in [0.1, 0.15) is 0 Å². The van der Waals surface area contributed by atoms with Gasteiger partial charge in [0, 0.05) is 13.3 Å². The van der Waals surface area contributed by atoms with Crippen molar-refractivity contribution in [2.75, 3.05) is 0 Å². The topological polar surface area (TPSA) is 63.6 Å². The Bertz CT molecular complexity index is 397. The average Bonchev–Trinajstić information content (AvgIpc) is 2.58. The molecule has 0 unspecified atom stereocenters. The van der Waals surface area contributed by atoms with Crippen LogP contribution in [0.5, 0.6) is 0 Å². The van der Waals surface area contributed by atoms with Crippen molar-refractivity contribution in [1.29, 1.82) is 0 Å². The molecule has 26 heavy (non-hydrogen) atoms. The average molecular weight is 367 g/mol. The molecule has 0 aromatic heterocycles. The van der Waals surface area contributed by atoms with E-state index in [2.05, 4.69) is 42.5 Å². The molecule has 0 aliphatic carbocycles. The van der Waals surface area contributed by atoms with Crippen molar-refractivity contribution < 1.29 is 19.4 Å². The standard InChI is InChI=1S/C18H32O2.C4H6O2/c1-2-3-4-5-6-7-8-9-10-11-12-13-14-15-16-17-18(19)20;1-3-6-4(2)5/h6-7,9-10H,2-5,8,11-17H2,1H3,(H,19,20);3H,1H2,2H3/b7-6-,10-9-;. The summed E-state index contributed by atoms with van der Waals surface area (Å²) in [6.45, 7) is 6.71. The first-order valence-electron chi connectivity index (χ1n) is 9.84. The summed E-state index contributed by atoms with van der Waals surface area (Å²) >= 11 is 0. The van der Waals surface area contributed by atoms with Crippen LogP contribution in [0.2, 0.25) is 0 Å². The monoisotopic (exact) mass is 366 g/mol. The van der Waals surface area contributed by atoms with Crippen molar-refractivity contribution in [1.82, 2.24) is 0 Å². The Balaban J connectivity index is 0. The number of carbonyl (C=O) groups excluding carboxylic acids is 1. The number of aliphatic carboxylic acids is 1. The largest absolute Gasteiger partial charge is 0.481 e. The molecule has 0 atom stereocenters. The zero-order valence-corrected chi connectivity index (χ0v) is 16.8. The van der Waals surface area contributed by atoms with E-state index in [4.69, 9.17) is 5.11 Å². The number of unbranched alkanes of at least 4 members (excludes halogenated alkanes) is 8. The Hall–Kier alpha value is -1.84. The van der Waals surface area contributed by atoms with Crippen LogP contribution in [0, 0.1) is 0 Å². The lowest BCUT2D eigenvalue weighted by Crippen LogP contribution is -1.93. The third-order valence-corrected chi connectivity index (χ3v) is 3.59. The third-order valence-electron chi connectivity index (χ3n) is 3.59. The second-order valence-corrected chi connectivity index (χ2v) is 6.15. The zero-order chi connectivity index (χ0) is 19.9. The van der Waals surface area contributed by atoms with Crippen molar-refractivity contribution in [2.45, 2.75) is 90.9 Å². The van der Waals surface area contributed by atoms with Gasteiger partial charge in [-0.3, -0.25) is 9.59 Å². The fourth-order valence-electron chi connectivity index (χ4n) is 2.21. The van der Waals surface area contributed by atoms with Gasteiger partial charge in [0.2, 0.25) is 0 Å². The van der Waals surface area contributed by atoms with E-state index in [1.165, 1.54) is 51.9 Å². The van der Waals surface area contributed by atoms with E-state index in [0.717, 1.165) is 31.9 Å². The van der Waals surface area contributed by atoms with Gasteiger partial charge in [-0.05, 0) is 38.5 Å². The Morgan fingerprint density at radius 1 is 0.885 bits per heavy atom. The van der Waals surface area contributed by atoms with Gasteiger partial charge in [-0.15, -0.1) is 0 Å². The van der Waals surface area contributed by atoms with Gasteiger partial charge in [-0.25, -0.2) is 0 Å². The first kappa shape index (κ1) is 26.4. The normalized spacial score (nSPS) is 10.5. The van der Waals surface area contributed by atoms with E-state index < -0.39 is 5.97 Å². The molecule has 0 heterocycles. The van der Waals surface area contributed by atoms with Crippen LogP contribution in [0.1, 0.15) is 90.9 Å². The predicted molar refractivity (Wildman–Crippen MR) is 109 cm³/mol. The molecule has 0 aromatic carbocycles. The summed E-state index contributed by atoms with van der Waals surface area (Å²) in [5.41, 5.74) is 0. The van der Waals surface area contributed by atoms with Crippen molar-refractivity contribution in [2.24, 2.45) is 0 Å². The number of rotatable bonds is 15. The minimum absolute atomic E-state index is 0.324. The Morgan fingerprint density at radius 2 is 1.42 bits per heavy atom. The van der Waals surface area contributed by atoms with E-state index >= 15 is 0 Å².